The molecule has 94 valence electrons. The molecule has 0 aliphatic heterocycles. The van der Waals surface area contributed by atoms with Crippen molar-refractivity contribution < 1.29 is 0 Å². The Morgan fingerprint density at radius 1 is 0.889 bits per heavy atom. The largest absolute Gasteiger partial charge is 0.271 e. The molecule has 2 nitrogen and oxygen atoms in total. The van der Waals surface area contributed by atoms with Gasteiger partial charge in [-0.05, 0) is 87.0 Å². The molecule has 0 spiro atoms. The van der Waals surface area contributed by atoms with E-state index in [4.69, 9.17) is 5.84 Å². The lowest BCUT2D eigenvalue weighted by atomic mass is 10.00. The molecule has 0 aliphatic carbocycles. The minimum Gasteiger partial charge on any atom is -0.271 e. The molecular formula is C14H14I2N2. The van der Waals surface area contributed by atoms with Gasteiger partial charge in [-0.25, -0.2) is 0 Å². The lowest BCUT2D eigenvalue weighted by molar-refractivity contribution is 0.552. The molecule has 2 aromatic rings. The van der Waals surface area contributed by atoms with E-state index in [9.17, 15) is 0 Å². The first-order valence-electron chi connectivity index (χ1n) is 5.65. The number of hydrogen-bond acceptors (Lipinski definition) is 2. The molecule has 0 bridgehead atoms. The molecule has 0 saturated carbocycles. The van der Waals surface area contributed by atoms with E-state index >= 15 is 0 Å². The molecule has 0 amide bonds. The van der Waals surface area contributed by atoms with Gasteiger partial charge in [0, 0.05) is 13.2 Å². The predicted octanol–water partition coefficient (Wildman–Crippen LogP) is 3.64. The molecule has 1 atom stereocenters. The van der Waals surface area contributed by atoms with Gasteiger partial charge in [0.15, 0.2) is 0 Å². The zero-order chi connectivity index (χ0) is 13.0. The summed E-state index contributed by atoms with van der Waals surface area (Å²) in [6.07, 6.45) is 0.897. The highest BCUT2D eigenvalue weighted by atomic mass is 127. The van der Waals surface area contributed by atoms with Crippen LogP contribution in [-0.2, 0) is 6.42 Å². The summed E-state index contributed by atoms with van der Waals surface area (Å²) in [5.74, 6) is 5.67. The van der Waals surface area contributed by atoms with E-state index in [0.717, 1.165) is 6.42 Å². The van der Waals surface area contributed by atoms with Crippen LogP contribution < -0.4 is 11.3 Å². The second-order valence-corrected chi connectivity index (χ2v) is 6.59. The summed E-state index contributed by atoms with van der Waals surface area (Å²) in [6.45, 7) is 0. The average molecular weight is 464 g/mol. The smallest absolute Gasteiger partial charge is 0.0500 e. The minimum absolute atomic E-state index is 0.155. The molecule has 2 aromatic carbocycles. The van der Waals surface area contributed by atoms with Crippen LogP contribution in [0.1, 0.15) is 17.2 Å². The van der Waals surface area contributed by atoms with Gasteiger partial charge >= 0.3 is 0 Å². The van der Waals surface area contributed by atoms with Crippen LogP contribution in [0.25, 0.3) is 0 Å². The molecule has 0 radical (unpaired) electrons. The van der Waals surface area contributed by atoms with Crippen molar-refractivity contribution >= 4 is 45.2 Å². The zero-order valence-corrected chi connectivity index (χ0v) is 14.1. The topological polar surface area (TPSA) is 38.0 Å². The highest BCUT2D eigenvalue weighted by molar-refractivity contribution is 14.1. The highest BCUT2D eigenvalue weighted by Gasteiger charge is 2.10. The molecule has 0 heterocycles. The Bertz CT molecular complexity index is 494. The fourth-order valence-electron chi connectivity index (χ4n) is 1.82. The summed E-state index contributed by atoms with van der Waals surface area (Å²) >= 11 is 4.62. The molecule has 2 rings (SSSR count). The van der Waals surface area contributed by atoms with Crippen molar-refractivity contribution in [3.8, 4) is 0 Å². The first-order chi connectivity index (χ1) is 8.69. The third-order valence-corrected chi connectivity index (χ3v) is 4.26. The monoisotopic (exact) mass is 464 g/mol. The Hall–Kier alpha value is -0.180. The summed E-state index contributed by atoms with van der Waals surface area (Å²) in [5.41, 5.74) is 5.40. The Balaban J connectivity index is 2.14. The summed E-state index contributed by atoms with van der Waals surface area (Å²) in [7, 11) is 0. The van der Waals surface area contributed by atoms with Crippen LogP contribution >= 0.6 is 45.2 Å². The van der Waals surface area contributed by atoms with E-state index in [1.807, 2.05) is 0 Å². The normalized spacial score (nSPS) is 12.4. The van der Waals surface area contributed by atoms with Gasteiger partial charge in [0.1, 0.15) is 0 Å². The number of hydrogen-bond donors (Lipinski definition) is 2. The summed E-state index contributed by atoms with van der Waals surface area (Å²) in [4.78, 5) is 0. The molecule has 0 fully saturated rings. The Labute approximate surface area is 135 Å². The maximum absolute atomic E-state index is 5.67. The van der Waals surface area contributed by atoms with Gasteiger partial charge in [-0.3, -0.25) is 11.3 Å². The van der Waals surface area contributed by atoms with Crippen LogP contribution in [0.5, 0.6) is 0 Å². The molecule has 1 unspecified atom stereocenters. The molecule has 0 saturated heterocycles. The standard InChI is InChI=1S/C14H14I2N2/c15-12-5-1-10(2-6-12)9-14(18-17)11-3-7-13(16)8-4-11/h1-8,14,18H,9,17H2. The molecule has 0 aromatic heterocycles. The SMILES string of the molecule is NNC(Cc1ccc(I)cc1)c1ccc(I)cc1. The lowest BCUT2D eigenvalue weighted by Crippen LogP contribution is -2.29. The van der Waals surface area contributed by atoms with Gasteiger partial charge in [0.05, 0.1) is 0 Å². The van der Waals surface area contributed by atoms with Gasteiger partial charge in [-0.1, -0.05) is 24.3 Å². The van der Waals surface area contributed by atoms with Crippen LogP contribution in [0, 0.1) is 7.14 Å². The third kappa shape index (κ3) is 3.91. The Kier molecular flexibility index (Phi) is 5.40. The van der Waals surface area contributed by atoms with Crippen LogP contribution in [0.15, 0.2) is 48.5 Å². The van der Waals surface area contributed by atoms with Crippen molar-refractivity contribution in [1.82, 2.24) is 5.43 Å². The molecule has 3 N–H and O–H groups in total. The first-order valence-corrected chi connectivity index (χ1v) is 7.81. The van der Waals surface area contributed by atoms with Crippen molar-refractivity contribution in [2.45, 2.75) is 12.5 Å². The van der Waals surface area contributed by atoms with E-state index < -0.39 is 0 Å². The fourth-order valence-corrected chi connectivity index (χ4v) is 2.54. The summed E-state index contributed by atoms with van der Waals surface area (Å²) in [5, 5.41) is 0. The van der Waals surface area contributed by atoms with E-state index in [1.54, 1.807) is 0 Å². The number of benzene rings is 2. The molecular weight excluding hydrogens is 450 g/mol. The maximum Gasteiger partial charge on any atom is 0.0500 e. The number of nitrogens with one attached hydrogen (secondary N) is 1. The van der Waals surface area contributed by atoms with E-state index in [-0.39, 0.29) is 6.04 Å². The quantitative estimate of drug-likeness (QED) is 0.412. The number of halogens is 2. The first kappa shape index (κ1) is 14.2. The van der Waals surface area contributed by atoms with Crippen molar-refractivity contribution in [3.05, 3.63) is 66.8 Å². The van der Waals surface area contributed by atoms with Gasteiger partial charge in [0.2, 0.25) is 0 Å². The second-order valence-electron chi connectivity index (χ2n) is 4.10. The van der Waals surface area contributed by atoms with E-state index in [0.29, 0.717) is 0 Å². The van der Waals surface area contributed by atoms with Crippen molar-refractivity contribution in [2.75, 3.05) is 0 Å². The number of nitrogens with two attached hydrogens (primary N) is 1. The van der Waals surface area contributed by atoms with Gasteiger partial charge in [-0.2, -0.15) is 0 Å². The minimum atomic E-state index is 0.155. The number of hydrazine groups is 1. The van der Waals surface area contributed by atoms with Crippen molar-refractivity contribution in [3.63, 3.8) is 0 Å². The van der Waals surface area contributed by atoms with Gasteiger partial charge < -0.3 is 0 Å². The van der Waals surface area contributed by atoms with E-state index in [1.165, 1.54) is 18.3 Å². The average Bonchev–Trinajstić information content (AvgIpc) is 2.39. The van der Waals surface area contributed by atoms with E-state index in [2.05, 4.69) is 99.1 Å². The second kappa shape index (κ2) is 6.83. The van der Waals surface area contributed by atoms with Gasteiger partial charge in [-0.15, -0.1) is 0 Å². The predicted molar refractivity (Wildman–Crippen MR) is 92.1 cm³/mol. The molecule has 18 heavy (non-hydrogen) atoms. The van der Waals surface area contributed by atoms with Crippen LogP contribution in [0.3, 0.4) is 0 Å². The van der Waals surface area contributed by atoms with Crippen LogP contribution in [-0.4, -0.2) is 0 Å². The third-order valence-electron chi connectivity index (χ3n) is 2.83. The number of rotatable bonds is 4. The Morgan fingerprint density at radius 2 is 1.39 bits per heavy atom. The zero-order valence-electron chi connectivity index (χ0n) is 9.74. The van der Waals surface area contributed by atoms with Crippen molar-refractivity contribution in [2.24, 2.45) is 5.84 Å². The van der Waals surface area contributed by atoms with Crippen LogP contribution in [0.2, 0.25) is 0 Å². The summed E-state index contributed by atoms with van der Waals surface area (Å²) in [6, 6.07) is 17.2. The highest BCUT2D eigenvalue weighted by Crippen LogP contribution is 2.19. The lowest BCUT2D eigenvalue weighted by Gasteiger charge is -2.16. The molecule has 0 aliphatic rings. The summed E-state index contributed by atoms with van der Waals surface area (Å²) < 4.78 is 2.49. The fraction of sp³-hybridized carbons (Fsp3) is 0.143. The Morgan fingerprint density at radius 3 is 1.89 bits per heavy atom. The van der Waals surface area contributed by atoms with Crippen LogP contribution in [0.4, 0.5) is 0 Å². The van der Waals surface area contributed by atoms with Crippen molar-refractivity contribution in [1.29, 1.82) is 0 Å². The maximum atomic E-state index is 5.67. The molecule has 4 heteroatoms. The van der Waals surface area contributed by atoms with Gasteiger partial charge in [0.25, 0.3) is 0 Å².